The molecule has 0 amide bonds. The van der Waals surface area contributed by atoms with Gasteiger partial charge in [0.2, 0.25) is 0 Å². The average molecular weight is 430 g/mol. The van der Waals surface area contributed by atoms with E-state index in [2.05, 4.69) is 49.1 Å². The van der Waals surface area contributed by atoms with Crippen LogP contribution < -0.4 is 9.47 Å². The van der Waals surface area contributed by atoms with Crippen molar-refractivity contribution in [1.29, 1.82) is 0 Å². The molecule has 0 aliphatic rings. The van der Waals surface area contributed by atoms with Crippen molar-refractivity contribution in [2.45, 2.75) is 20.3 Å². The van der Waals surface area contributed by atoms with Crippen LogP contribution in [0.2, 0.25) is 0 Å². The standard InChI is InChI=1S/C28H31NO3/c1-4-29(5-2)18-9-19-31-23-14-12-21(13-15-23)27-25-17-16-24(30-3)20-26(25)32-28(27)22-10-7-6-8-11-22/h6-8,10-17,20H,4-5,9,18-19H2,1-3H3. The molecule has 0 saturated heterocycles. The van der Waals surface area contributed by atoms with Crippen LogP contribution in [-0.2, 0) is 0 Å². The molecule has 0 spiro atoms. The molecule has 166 valence electrons. The number of hydrogen-bond donors (Lipinski definition) is 0. The molecule has 0 aliphatic carbocycles. The smallest absolute Gasteiger partial charge is 0.143 e. The molecule has 0 unspecified atom stereocenters. The van der Waals surface area contributed by atoms with Crippen molar-refractivity contribution >= 4 is 11.0 Å². The van der Waals surface area contributed by atoms with Crippen LogP contribution in [-0.4, -0.2) is 38.3 Å². The van der Waals surface area contributed by atoms with Crippen molar-refractivity contribution in [3.63, 3.8) is 0 Å². The number of rotatable bonds is 10. The Bertz CT molecular complexity index is 1130. The molecule has 0 aliphatic heterocycles. The zero-order chi connectivity index (χ0) is 22.3. The maximum Gasteiger partial charge on any atom is 0.143 e. The first-order chi connectivity index (χ1) is 15.7. The molecule has 0 N–H and O–H groups in total. The Morgan fingerprint density at radius 1 is 0.812 bits per heavy atom. The van der Waals surface area contributed by atoms with E-state index < -0.39 is 0 Å². The third-order valence-corrected chi connectivity index (χ3v) is 5.86. The summed E-state index contributed by atoms with van der Waals surface area (Å²) in [4.78, 5) is 2.41. The second-order valence-corrected chi connectivity index (χ2v) is 7.79. The van der Waals surface area contributed by atoms with E-state index in [0.29, 0.717) is 0 Å². The molecule has 32 heavy (non-hydrogen) atoms. The summed E-state index contributed by atoms with van der Waals surface area (Å²) in [6.45, 7) is 8.35. The monoisotopic (exact) mass is 429 g/mol. The molecule has 3 aromatic carbocycles. The molecular formula is C28H31NO3. The van der Waals surface area contributed by atoms with E-state index in [1.165, 1.54) is 0 Å². The minimum absolute atomic E-state index is 0.722. The maximum absolute atomic E-state index is 6.32. The number of nitrogens with zero attached hydrogens (tertiary/aromatic N) is 1. The fourth-order valence-corrected chi connectivity index (χ4v) is 4.02. The molecule has 0 atom stereocenters. The van der Waals surface area contributed by atoms with Gasteiger partial charge in [-0.1, -0.05) is 56.3 Å². The van der Waals surface area contributed by atoms with Gasteiger partial charge in [0.1, 0.15) is 22.8 Å². The molecule has 0 radical (unpaired) electrons. The Hall–Kier alpha value is -3.24. The van der Waals surface area contributed by atoms with Crippen LogP contribution in [0, 0.1) is 0 Å². The summed E-state index contributed by atoms with van der Waals surface area (Å²) >= 11 is 0. The normalized spacial score (nSPS) is 11.2. The number of hydrogen-bond acceptors (Lipinski definition) is 4. The lowest BCUT2D eigenvalue weighted by atomic mass is 9.98. The fraction of sp³-hybridized carbons (Fsp3) is 0.286. The molecule has 4 aromatic rings. The van der Waals surface area contributed by atoms with Crippen LogP contribution in [0.15, 0.2) is 77.2 Å². The van der Waals surface area contributed by atoms with Crippen molar-refractivity contribution < 1.29 is 13.9 Å². The van der Waals surface area contributed by atoms with Crippen molar-refractivity contribution in [3.05, 3.63) is 72.8 Å². The first-order valence-corrected chi connectivity index (χ1v) is 11.3. The van der Waals surface area contributed by atoms with Gasteiger partial charge in [0, 0.05) is 29.1 Å². The lowest BCUT2D eigenvalue weighted by molar-refractivity contribution is 0.249. The first kappa shape index (κ1) is 22.0. The SMILES string of the molecule is CCN(CC)CCCOc1ccc(-c2c(-c3ccccc3)oc3cc(OC)ccc23)cc1. The van der Waals surface area contributed by atoms with Gasteiger partial charge >= 0.3 is 0 Å². The first-order valence-electron chi connectivity index (χ1n) is 11.3. The highest BCUT2D eigenvalue weighted by Gasteiger charge is 2.18. The van der Waals surface area contributed by atoms with Gasteiger partial charge in [-0.25, -0.2) is 0 Å². The topological polar surface area (TPSA) is 34.8 Å². The summed E-state index contributed by atoms with van der Waals surface area (Å²) in [6.07, 6.45) is 1.02. The van der Waals surface area contributed by atoms with E-state index >= 15 is 0 Å². The van der Waals surface area contributed by atoms with Gasteiger partial charge in [-0.3, -0.25) is 0 Å². The Labute approximate surface area is 190 Å². The summed E-state index contributed by atoms with van der Waals surface area (Å²) < 4.78 is 17.7. The lowest BCUT2D eigenvalue weighted by Crippen LogP contribution is -2.25. The number of ether oxygens (including phenoxy) is 2. The molecule has 0 saturated carbocycles. The van der Waals surface area contributed by atoms with Gasteiger partial charge < -0.3 is 18.8 Å². The summed E-state index contributed by atoms with van der Waals surface area (Å²) in [5.41, 5.74) is 4.05. The van der Waals surface area contributed by atoms with Crippen LogP contribution in [0.3, 0.4) is 0 Å². The largest absolute Gasteiger partial charge is 0.497 e. The molecule has 4 nitrogen and oxygen atoms in total. The number of fused-ring (bicyclic) bond motifs is 1. The summed E-state index contributed by atoms with van der Waals surface area (Å²) in [5.74, 6) is 2.54. The summed E-state index contributed by atoms with van der Waals surface area (Å²) in [5, 5.41) is 1.07. The molecule has 1 heterocycles. The number of methoxy groups -OCH3 is 1. The highest BCUT2D eigenvalue weighted by atomic mass is 16.5. The van der Waals surface area contributed by atoms with E-state index in [1.54, 1.807) is 7.11 Å². The Balaban J connectivity index is 1.60. The second kappa shape index (κ2) is 10.4. The van der Waals surface area contributed by atoms with E-state index in [0.717, 1.165) is 77.6 Å². The molecule has 0 bridgehead atoms. The van der Waals surface area contributed by atoms with E-state index in [4.69, 9.17) is 13.9 Å². The highest BCUT2D eigenvalue weighted by molar-refractivity contribution is 6.02. The zero-order valence-corrected chi connectivity index (χ0v) is 19.1. The molecule has 1 aromatic heterocycles. The minimum Gasteiger partial charge on any atom is -0.497 e. The van der Waals surface area contributed by atoms with Crippen LogP contribution >= 0.6 is 0 Å². The van der Waals surface area contributed by atoms with E-state index in [9.17, 15) is 0 Å². The average Bonchev–Trinajstić information content (AvgIpc) is 3.24. The van der Waals surface area contributed by atoms with Crippen LogP contribution in [0.5, 0.6) is 11.5 Å². The molecule has 0 fully saturated rings. The molecular weight excluding hydrogens is 398 g/mol. The minimum atomic E-state index is 0.722. The van der Waals surface area contributed by atoms with Gasteiger partial charge in [-0.2, -0.15) is 0 Å². The van der Waals surface area contributed by atoms with Gasteiger partial charge in [-0.05, 0) is 49.3 Å². The fourth-order valence-electron chi connectivity index (χ4n) is 4.02. The molecule has 4 rings (SSSR count). The predicted molar refractivity (Wildman–Crippen MR) is 132 cm³/mol. The maximum atomic E-state index is 6.32. The number of benzene rings is 3. The Morgan fingerprint density at radius 3 is 2.22 bits per heavy atom. The Morgan fingerprint density at radius 2 is 1.53 bits per heavy atom. The number of furan rings is 1. The van der Waals surface area contributed by atoms with Crippen LogP contribution in [0.1, 0.15) is 20.3 Å². The van der Waals surface area contributed by atoms with Crippen molar-refractivity contribution in [1.82, 2.24) is 4.90 Å². The van der Waals surface area contributed by atoms with Gasteiger partial charge in [0.05, 0.1) is 13.7 Å². The predicted octanol–water partition coefficient (Wildman–Crippen LogP) is 6.89. The van der Waals surface area contributed by atoms with E-state index in [1.807, 2.05) is 42.5 Å². The summed E-state index contributed by atoms with van der Waals surface area (Å²) in [7, 11) is 1.67. The van der Waals surface area contributed by atoms with Gasteiger partial charge in [0.15, 0.2) is 0 Å². The van der Waals surface area contributed by atoms with E-state index in [-0.39, 0.29) is 0 Å². The third-order valence-electron chi connectivity index (χ3n) is 5.86. The van der Waals surface area contributed by atoms with Crippen LogP contribution in [0.25, 0.3) is 33.4 Å². The quantitative estimate of drug-likeness (QED) is 0.257. The van der Waals surface area contributed by atoms with Gasteiger partial charge in [-0.15, -0.1) is 0 Å². The zero-order valence-electron chi connectivity index (χ0n) is 19.1. The van der Waals surface area contributed by atoms with Crippen molar-refractivity contribution in [3.8, 4) is 33.9 Å². The van der Waals surface area contributed by atoms with Crippen molar-refractivity contribution in [2.75, 3.05) is 33.4 Å². The van der Waals surface area contributed by atoms with Crippen LogP contribution in [0.4, 0.5) is 0 Å². The highest BCUT2D eigenvalue weighted by Crippen LogP contribution is 2.42. The second-order valence-electron chi connectivity index (χ2n) is 7.79. The molecule has 4 heteroatoms. The third kappa shape index (κ3) is 4.81. The van der Waals surface area contributed by atoms with Gasteiger partial charge in [0.25, 0.3) is 0 Å². The summed E-state index contributed by atoms with van der Waals surface area (Å²) in [6, 6.07) is 24.5. The van der Waals surface area contributed by atoms with Crippen molar-refractivity contribution in [2.24, 2.45) is 0 Å². The Kier molecular flexibility index (Phi) is 7.13. The lowest BCUT2D eigenvalue weighted by Gasteiger charge is -2.17.